The Labute approximate surface area is 95.0 Å². The molecular weight excluding hydrogens is 204 g/mol. The van der Waals surface area contributed by atoms with E-state index in [1.807, 2.05) is 30.3 Å². The average molecular weight is 220 g/mol. The van der Waals surface area contributed by atoms with Crippen molar-refractivity contribution in [2.75, 3.05) is 13.2 Å². The zero-order chi connectivity index (χ0) is 11.4. The van der Waals surface area contributed by atoms with Crippen molar-refractivity contribution in [2.45, 2.75) is 18.8 Å². The van der Waals surface area contributed by atoms with Crippen LogP contribution in [0, 0.1) is 5.92 Å². The minimum atomic E-state index is -0.730. The highest BCUT2D eigenvalue weighted by atomic mass is 16.5. The predicted molar refractivity (Wildman–Crippen MR) is 60.4 cm³/mol. The maximum Gasteiger partial charge on any atom is 0.310 e. The van der Waals surface area contributed by atoms with Crippen molar-refractivity contribution in [1.82, 2.24) is 0 Å². The van der Waals surface area contributed by atoms with Crippen LogP contribution >= 0.6 is 0 Å². The summed E-state index contributed by atoms with van der Waals surface area (Å²) < 4.78 is 5.09. The molecule has 0 amide bonds. The van der Waals surface area contributed by atoms with E-state index in [2.05, 4.69) is 0 Å². The van der Waals surface area contributed by atoms with Crippen molar-refractivity contribution in [2.24, 2.45) is 5.92 Å². The molecule has 1 aromatic carbocycles. The molecule has 1 fully saturated rings. The van der Waals surface area contributed by atoms with Crippen LogP contribution in [0.1, 0.15) is 24.3 Å². The molecule has 0 aliphatic carbocycles. The molecule has 3 heteroatoms. The Balaban J connectivity index is 1.96. The van der Waals surface area contributed by atoms with Gasteiger partial charge in [-0.1, -0.05) is 30.3 Å². The highest BCUT2D eigenvalue weighted by Crippen LogP contribution is 2.26. The summed E-state index contributed by atoms with van der Waals surface area (Å²) in [6, 6.07) is 9.45. The number of ether oxygens (including phenoxy) is 1. The second kappa shape index (κ2) is 5.12. The maximum atomic E-state index is 11.2. The summed E-state index contributed by atoms with van der Waals surface area (Å²) in [7, 11) is 0. The number of carboxylic acids is 1. The molecule has 1 aliphatic heterocycles. The summed E-state index contributed by atoms with van der Waals surface area (Å²) in [6.07, 6.45) is 1.64. The molecule has 3 nitrogen and oxygen atoms in total. The lowest BCUT2D eigenvalue weighted by atomic mass is 9.90. The van der Waals surface area contributed by atoms with Gasteiger partial charge in [-0.15, -0.1) is 0 Å². The van der Waals surface area contributed by atoms with E-state index in [-0.39, 0.29) is 5.92 Å². The predicted octanol–water partition coefficient (Wildman–Crippen LogP) is 2.28. The van der Waals surface area contributed by atoms with Gasteiger partial charge in [0.05, 0.1) is 19.1 Å². The second-order valence-electron chi connectivity index (χ2n) is 4.28. The van der Waals surface area contributed by atoms with Crippen LogP contribution in [-0.4, -0.2) is 24.3 Å². The molecule has 2 rings (SSSR count). The van der Waals surface area contributed by atoms with Gasteiger partial charge >= 0.3 is 5.97 Å². The summed E-state index contributed by atoms with van der Waals surface area (Å²) in [6.45, 7) is 1.59. The first-order valence-electron chi connectivity index (χ1n) is 5.63. The summed E-state index contributed by atoms with van der Waals surface area (Å²) in [5.74, 6) is -0.543. The normalized spacial score (nSPS) is 17.8. The summed E-state index contributed by atoms with van der Waals surface area (Å²) >= 11 is 0. The molecule has 16 heavy (non-hydrogen) atoms. The van der Waals surface area contributed by atoms with Gasteiger partial charge in [-0.2, -0.15) is 0 Å². The Morgan fingerprint density at radius 2 is 2.06 bits per heavy atom. The van der Waals surface area contributed by atoms with Crippen molar-refractivity contribution < 1.29 is 14.6 Å². The summed E-state index contributed by atoms with van der Waals surface area (Å²) in [4.78, 5) is 11.2. The zero-order valence-electron chi connectivity index (χ0n) is 9.13. The first kappa shape index (κ1) is 11.1. The number of benzene rings is 1. The maximum absolute atomic E-state index is 11.2. The second-order valence-corrected chi connectivity index (χ2v) is 4.28. The lowest BCUT2D eigenvalue weighted by Gasteiger charge is -2.26. The average Bonchev–Trinajstić information content (AvgIpc) is 2.22. The monoisotopic (exact) mass is 220 g/mol. The highest BCUT2D eigenvalue weighted by Gasteiger charge is 2.24. The topological polar surface area (TPSA) is 46.5 Å². The molecule has 1 heterocycles. The van der Waals surface area contributed by atoms with E-state index in [0.717, 1.165) is 25.2 Å². The van der Waals surface area contributed by atoms with Crippen molar-refractivity contribution in [3.8, 4) is 0 Å². The lowest BCUT2D eigenvalue weighted by Crippen LogP contribution is -2.28. The first-order chi connectivity index (χ1) is 7.77. The molecule has 1 aromatic rings. The molecule has 86 valence electrons. The molecule has 1 unspecified atom stereocenters. The van der Waals surface area contributed by atoms with Gasteiger partial charge in [0, 0.05) is 5.92 Å². The third kappa shape index (κ3) is 2.61. The van der Waals surface area contributed by atoms with Crippen molar-refractivity contribution >= 4 is 5.97 Å². The first-order valence-corrected chi connectivity index (χ1v) is 5.63. The van der Waals surface area contributed by atoms with Crippen LogP contribution in [-0.2, 0) is 9.53 Å². The largest absolute Gasteiger partial charge is 0.481 e. The van der Waals surface area contributed by atoms with E-state index in [1.54, 1.807) is 0 Å². The third-order valence-electron chi connectivity index (χ3n) is 3.07. The molecule has 0 saturated carbocycles. The molecule has 1 saturated heterocycles. The van der Waals surface area contributed by atoms with Crippen LogP contribution in [0.2, 0.25) is 0 Å². The van der Waals surface area contributed by atoms with Gasteiger partial charge in [0.2, 0.25) is 0 Å². The SMILES string of the molecule is O=C(O)C(CCC1COC1)c1ccccc1. The summed E-state index contributed by atoms with van der Waals surface area (Å²) in [5, 5.41) is 9.20. The van der Waals surface area contributed by atoms with Crippen molar-refractivity contribution in [1.29, 1.82) is 0 Å². The number of rotatable bonds is 5. The van der Waals surface area contributed by atoms with Gasteiger partial charge in [-0.05, 0) is 18.4 Å². The van der Waals surface area contributed by atoms with E-state index in [9.17, 15) is 9.90 Å². The van der Waals surface area contributed by atoms with Gasteiger partial charge in [-0.3, -0.25) is 4.79 Å². The zero-order valence-corrected chi connectivity index (χ0v) is 9.13. The van der Waals surface area contributed by atoms with Gasteiger partial charge in [-0.25, -0.2) is 0 Å². The molecular formula is C13H16O3. The number of aliphatic carboxylic acids is 1. The number of carbonyl (C=O) groups is 1. The quantitative estimate of drug-likeness (QED) is 0.828. The molecule has 1 N–H and O–H groups in total. The minimum Gasteiger partial charge on any atom is -0.481 e. The fourth-order valence-corrected chi connectivity index (χ4v) is 1.97. The number of hydrogen-bond acceptors (Lipinski definition) is 2. The Bertz CT molecular complexity index is 343. The minimum absolute atomic E-state index is 0.373. The molecule has 0 bridgehead atoms. The number of hydrogen-bond donors (Lipinski definition) is 1. The number of carboxylic acid groups (broad SMARTS) is 1. The van der Waals surface area contributed by atoms with Gasteiger partial charge in [0.15, 0.2) is 0 Å². The van der Waals surface area contributed by atoms with Gasteiger partial charge in [0.25, 0.3) is 0 Å². The van der Waals surface area contributed by atoms with E-state index < -0.39 is 5.97 Å². The van der Waals surface area contributed by atoms with E-state index >= 15 is 0 Å². The summed E-state index contributed by atoms with van der Waals surface area (Å²) in [5.41, 5.74) is 0.898. The van der Waals surface area contributed by atoms with Crippen molar-refractivity contribution in [3.63, 3.8) is 0 Å². The Morgan fingerprint density at radius 3 is 2.56 bits per heavy atom. The smallest absolute Gasteiger partial charge is 0.310 e. The van der Waals surface area contributed by atoms with Gasteiger partial charge in [0.1, 0.15) is 0 Å². The molecule has 0 radical (unpaired) electrons. The molecule has 1 atom stereocenters. The Hall–Kier alpha value is -1.35. The van der Waals surface area contributed by atoms with E-state index in [1.165, 1.54) is 0 Å². The van der Waals surface area contributed by atoms with Crippen LogP contribution in [0.4, 0.5) is 0 Å². The fourth-order valence-electron chi connectivity index (χ4n) is 1.97. The third-order valence-corrected chi connectivity index (χ3v) is 3.07. The van der Waals surface area contributed by atoms with E-state index in [0.29, 0.717) is 12.3 Å². The van der Waals surface area contributed by atoms with Crippen LogP contribution < -0.4 is 0 Å². The Kier molecular flexibility index (Phi) is 3.57. The van der Waals surface area contributed by atoms with Crippen LogP contribution in [0.5, 0.6) is 0 Å². The van der Waals surface area contributed by atoms with E-state index in [4.69, 9.17) is 4.74 Å². The van der Waals surface area contributed by atoms with Crippen LogP contribution in [0.25, 0.3) is 0 Å². The molecule has 1 aliphatic rings. The van der Waals surface area contributed by atoms with Crippen LogP contribution in [0.3, 0.4) is 0 Å². The Morgan fingerprint density at radius 1 is 1.38 bits per heavy atom. The molecule has 0 spiro atoms. The van der Waals surface area contributed by atoms with Gasteiger partial charge < -0.3 is 9.84 Å². The van der Waals surface area contributed by atoms with Crippen molar-refractivity contribution in [3.05, 3.63) is 35.9 Å². The fraction of sp³-hybridized carbons (Fsp3) is 0.462. The highest BCUT2D eigenvalue weighted by molar-refractivity contribution is 5.75. The lowest BCUT2D eigenvalue weighted by molar-refractivity contribution is -0.139. The van der Waals surface area contributed by atoms with Crippen LogP contribution in [0.15, 0.2) is 30.3 Å². The standard InChI is InChI=1S/C13H16O3/c14-13(15)12(7-6-10-8-16-9-10)11-4-2-1-3-5-11/h1-5,10,12H,6-9H2,(H,14,15). The molecule has 0 aromatic heterocycles.